The molecule has 0 saturated heterocycles. The fraction of sp³-hybridized carbons (Fsp3) is 0.280. The van der Waals surface area contributed by atoms with Crippen molar-refractivity contribution in [2.45, 2.75) is 25.2 Å². The van der Waals surface area contributed by atoms with Crippen molar-refractivity contribution in [1.82, 2.24) is 21.1 Å². The van der Waals surface area contributed by atoms with Gasteiger partial charge in [0, 0.05) is 35.5 Å². The number of alkyl halides is 3. The molecule has 0 radical (unpaired) electrons. The van der Waals surface area contributed by atoms with E-state index in [1.54, 1.807) is 31.4 Å². The number of methoxy groups -OCH3 is 1. The van der Waals surface area contributed by atoms with Crippen LogP contribution in [0.2, 0.25) is 0 Å². The van der Waals surface area contributed by atoms with Crippen LogP contribution in [0, 0.1) is 11.3 Å². The van der Waals surface area contributed by atoms with Gasteiger partial charge < -0.3 is 15.0 Å². The first-order chi connectivity index (χ1) is 16.8. The molecule has 7 nitrogen and oxygen atoms in total. The quantitative estimate of drug-likeness (QED) is 0.547. The average molecular weight is 483 g/mol. The predicted octanol–water partition coefficient (Wildman–Crippen LogP) is 4.17. The summed E-state index contributed by atoms with van der Waals surface area (Å²) in [5.41, 5.74) is 7.44. The van der Waals surface area contributed by atoms with Gasteiger partial charge in [0.05, 0.1) is 25.3 Å². The van der Waals surface area contributed by atoms with Crippen molar-refractivity contribution < 1.29 is 17.9 Å². The van der Waals surface area contributed by atoms with Crippen LogP contribution in [0.5, 0.6) is 0 Å². The highest BCUT2D eigenvalue weighted by Crippen LogP contribution is 2.37. The van der Waals surface area contributed by atoms with Crippen LogP contribution < -0.4 is 16.2 Å². The number of hydrogen-bond donors (Lipinski definition) is 3. The zero-order valence-electron chi connectivity index (χ0n) is 19.3. The molecule has 0 amide bonds. The van der Waals surface area contributed by atoms with Gasteiger partial charge in [-0.25, -0.2) is 4.99 Å². The van der Waals surface area contributed by atoms with E-state index in [1.165, 1.54) is 12.1 Å². The first-order valence-corrected chi connectivity index (χ1v) is 11.0. The second kappa shape index (κ2) is 10.0. The van der Waals surface area contributed by atoms with Crippen LogP contribution in [0.15, 0.2) is 88.1 Å². The number of hydrazine groups is 1. The maximum absolute atomic E-state index is 13.8. The Morgan fingerprint density at radius 1 is 1.23 bits per heavy atom. The topological polar surface area (TPSA) is 84.7 Å². The lowest BCUT2D eigenvalue weighted by molar-refractivity contribution is -0.138. The smallest absolute Gasteiger partial charge is 0.416 e. The number of rotatable bonds is 5. The van der Waals surface area contributed by atoms with Gasteiger partial charge in [0.1, 0.15) is 23.6 Å². The maximum Gasteiger partial charge on any atom is 0.416 e. The minimum atomic E-state index is -4.52. The molecule has 0 bridgehead atoms. The van der Waals surface area contributed by atoms with Crippen LogP contribution in [-0.4, -0.2) is 31.4 Å². The van der Waals surface area contributed by atoms with E-state index in [-0.39, 0.29) is 5.56 Å². The van der Waals surface area contributed by atoms with E-state index in [9.17, 15) is 13.2 Å². The molecule has 35 heavy (non-hydrogen) atoms. The van der Waals surface area contributed by atoms with Gasteiger partial charge in [-0.1, -0.05) is 24.3 Å². The largest absolute Gasteiger partial charge is 0.496 e. The maximum atomic E-state index is 13.8. The van der Waals surface area contributed by atoms with Gasteiger partial charge in [-0.2, -0.15) is 18.4 Å². The van der Waals surface area contributed by atoms with Crippen LogP contribution in [-0.2, 0) is 10.9 Å². The third-order valence-corrected chi connectivity index (χ3v) is 5.80. The summed E-state index contributed by atoms with van der Waals surface area (Å²) >= 11 is 0. The summed E-state index contributed by atoms with van der Waals surface area (Å²) < 4.78 is 46.8. The van der Waals surface area contributed by atoms with Crippen molar-refractivity contribution in [3.63, 3.8) is 0 Å². The van der Waals surface area contributed by atoms with E-state index in [0.29, 0.717) is 41.7 Å². The highest BCUT2D eigenvalue weighted by atomic mass is 19.4. The van der Waals surface area contributed by atoms with Gasteiger partial charge in [-0.3, -0.25) is 10.9 Å². The molecular weight excluding hydrogens is 457 g/mol. The van der Waals surface area contributed by atoms with Gasteiger partial charge in [-0.05, 0) is 37.1 Å². The van der Waals surface area contributed by atoms with Crippen molar-refractivity contribution in [2.24, 2.45) is 4.99 Å². The lowest BCUT2D eigenvalue weighted by atomic mass is 9.97. The summed E-state index contributed by atoms with van der Waals surface area (Å²) in [6.07, 6.45) is 5.01. The zero-order chi connectivity index (χ0) is 25.0. The lowest BCUT2D eigenvalue weighted by Crippen LogP contribution is -2.44. The average Bonchev–Trinajstić information content (AvgIpc) is 2.87. The first kappa shape index (κ1) is 24.0. The molecule has 182 valence electrons. The summed E-state index contributed by atoms with van der Waals surface area (Å²) in [6, 6.07) is 7.53. The predicted molar refractivity (Wildman–Crippen MR) is 126 cm³/mol. The van der Waals surface area contributed by atoms with Crippen LogP contribution in [0.1, 0.15) is 30.1 Å². The third kappa shape index (κ3) is 5.35. The summed E-state index contributed by atoms with van der Waals surface area (Å²) in [5.74, 6) is 1.68. The van der Waals surface area contributed by atoms with Gasteiger partial charge in [0.15, 0.2) is 0 Å². The van der Waals surface area contributed by atoms with E-state index in [4.69, 9.17) is 10.00 Å². The molecule has 1 aromatic rings. The molecule has 3 aliphatic rings. The Labute approximate surface area is 201 Å². The number of ether oxygens (including phenoxy) is 1. The Hall–Kier alpha value is -4.13. The Balaban J connectivity index is 1.69. The normalized spacial score (nSPS) is 20.1. The number of nitrogens with zero attached hydrogens (tertiary/aromatic N) is 3. The highest BCUT2D eigenvalue weighted by Gasteiger charge is 2.36. The molecule has 0 spiro atoms. The van der Waals surface area contributed by atoms with Crippen LogP contribution >= 0.6 is 0 Å². The van der Waals surface area contributed by atoms with Gasteiger partial charge >= 0.3 is 6.18 Å². The van der Waals surface area contributed by atoms with Crippen molar-refractivity contribution in [3.8, 4) is 6.07 Å². The van der Waals surface area contributed by atoms with Gasteiger partial charge in [0.2, 0.25) is 0 Å². The van der Waals surface area contributed by atoms with Crippen LogP contribution in [0.4, 0.5) is 13.2 Å². The molecule has 0 aromatic heterocycles. The fourth-order valence-electron chi connectivity index (χ4n) is 4.06. The fourth-order valence-corrected chi connectivity index (χ4v) is 4.06. The number of nitrogens with one attached hydrogen (secondary N) is 3. The summed E-state index contributed by atoms with van der Waals surface area (Å²) in [7, 11) is 3.39. The number of halogens is 3. The van der Waals surface area contributed by atoms with E-state index < -0.39 is 17.9 Å². The molecule has 1 unspecified atom stereocenters. The first-order valence-electron chi connectivity index (χ1n) is 11.0. The number of hydrogen-bond acceptors (Lipinski definition) is 7. The number of amidine groups is 1. The standard InChI is InChI=1S/C25H25F3N6O/c1-34-15-16(14-29)11-12-23(34)33-32-22-13-20(18-8-4-6-10-21(18)35-2)30-24(31-22)17-7-3-5-9-19(17)25(26,27)28/h3,5-7,9-13,24,30,33H,4,8,15H2,1-2H3,(H,31,32). The molecule has 1 aromatic carbocycles. The Kier molecular flexibility index (Phi) is 6.87. The van der Waals surface area contributed by atoms with Crippen molar-refractivity contribution in [2.75, 3.05) is 20.7 Å². The molecule has 10 heteroatoms. The zero-order valence-corrected chi connectivity index (χ0v) is 19.3. The van der Waals surface area contributed by atoms with E-state index in [2.05, 4.69) is 27.2 Å². The molecule has 0 saturated carbocycles. The second-order valence-corrected chi connectivity index (χ2v) is 8.15. The third-order valence-electron chi connectivity index (χ3n) is 5.80. The summed E-state index contributed by atoms with van der Waals surface area (Å²) in [5, 5.41) is 12.3. The van der Waals surface area contributed by atoms with E-state index >= 15 is 0 Å². The van der Waals surface area contributed by atoms with Crippen molar-refractivity contribution in [1.29, 1.82) is 5.26 Å². The number of likely N-dealkylation sites (N-methyl/N-ethyl adjacent to an activating group) is 1. The molecule has 4 rings (SSSR count). The summed E-state index contributed by atoms with van der Waals surface area (Å²) in [6.45, 7) is 0.435. The Morgan fingerprint density at radius 3 is 2.74 bits per heavy atom. The monoisotopic (exact) mass is 482 g/mol. The molecule has 0 fully saturated rings. The van der Waals surface area contributed by atoms with Gasteiger partial charge in [0.25, 0.3) is 0 Å². The van der Waals surface area contributed by atoms with Gasteiger partial charge in [-0.15, -0.1) is 0 Å². The minimum Gasteiger partial charge on any atom is -0.496 e. The lowest BCUT2D eigenvalue weighted by Gasteiger charge is -2.30. The minimum absolute atomic E-state index is 0.0198. The Bertz CT molecular complexity index is 1220. The molecular formula is C25H25F3N6O. The molecule has 2 aliphatic heterocycles. The molecule has 2 heterocycles. The number of nitriles is 1. The summed E-state index contributed by atoms with van der Waals surface area (Å²) in [4.78, 5) is 6.36. The second-order valence-electron chi connectivity index (χ2n) is 8.15. The number of aliphatic imine (C=N–C) groups is 1. The highest BCUT2D eigenvalue weighted by molar-refractivity contribution is 5.94. The number of benzene rings is 1. The molecule has 3 N–H and O–H groups in total. The van der Waals surface area contributed by atoms with Crippen molar-refractivity contribution in [3.05, 3.63) is 94.2 Å². The number of allylic oxidation sites excluding steroid dienone is 5. The van der Waals surface area contributed by atoms with Crippen molar-refractivity contribution >= 4 is 5.84 Å². The van der Waals surface area contributed by atoms with Crippen LogP contribution in [0.3, 0.4) is 0 Å². The SMILES string of the molecule is COC1=C(C2=CC(NNC3=CC=C(C#N)CN3C)=NC(c3ccccc3C(F)(F)F)N2)CCC=C1. The van der Waals surface area contributed by atoms with Crippen LogP contribution in [0.25, 0.3) is 0 Å². The van der Waals surface area contributed by atoms with E-state index in [0.717, 1.165) is 18.1 Å². The van der Waals surface area contributed by atoms with E-state index in [1.807, 2.05) is 24.1 Å². The Morgan fingerprint density at radius 2 is 2.03 bits per heavy atom. The molecule has 1 aliphatic carbocycles. The molecule has 1 atom stereocenters.